The van der Waals surface area contributed by atoms with Crippen LogP contribution < -0.4 is 10.3 Å². The van der Waals surface area contributed by atoms with Crippen molar-refractivity contribution >= 4 is 5.97 Å². The molecular weight excluding hydrogens is 270 g/mol. The van der Waals surface area contributed by atoms with Gasteiger partial charge in [0.1, 0.15) is 11.3 Å². The fourth-order valence-electron chi connectivity index (χ4n) is 2.22. The lowest BCUT2D eigenvalue weighted by Gasteiger charge is -2.13. The summed E-state index contributed by atoms with van der Waals surface area (Å²) in [4.78, 5) is 23.2. The van der Waals surface area contributed by atoms with Crippen molar-refractivity contribution in [2.75, 3.05) is 6.61 Å². The van der Waals surface area contributed by atoms with Crippen LogP contribution in [0.2, 0.25) is 0 Å². The summed E-state index contributed by atoms with van der Waals surface area (Å²) in [5.74, 6) is -0.496. The molecule has 0 spiro atoms. The molecular formula is C16H17NO4. The standard InChI is InChI=1S/C16H17NO4/c1-3-17-14(9-8-13(15(17)18)16(19)20)11-6-5-7-12(10-11)21-4-2/h5-10H,3-4H2,1-2H3,(H,19,20). The van der Waals surface area contributed by atoms with Crippen molar-refractivity contribution in [3.63, 3.8) is 0 Å². The summed E-state index contributed by atoms with van der Waals surface area (Å²) in [5.41, 5.74) is 0.775. The third-order valence-corrected chi connectivity index (χ3v) is 3.16. The highest BCUT2D eigenvalue weighted by molar-refractivity contribution is 5.87. The van der Waals surface area contributed by atoms with Gasteiger partial charge in [-0.15, -0.1) is 0 Å². The first kappa shape index (κ1) is 14.8. The summed E-state index contributed by atoms with van der Waals surface area (Å²) in [6, 6.07) is 10.4. The highest BCUT2D eigenvalue weighted by atomic mass is 16.5. The van der Waals surface area contributed by atoms with Gasteiger partial charge < -0.3 is 14.4 Å². The summed E-state index contributed by atoms with van der Waals surface area (Å²) >= 11 is 0. The minimum atomic E-state index is -1.21. The Balaban J connectivity index is 2.59. The van der Waals surface area contributed by atoms with E-state index in [1.54, 1.807) is 6.07 Å². The molecule has 0 atom stereocenters. The first-order chi connectivity index (χ1) is 10.1. The summed E-state index contributed by atoms with van der Waals surface area (Å²) in [6.07, 6.45) is 0. The predicted octanol–water partition coefficient (Wildman–Crippen LogP) is 2.63. The maximum Gasteiger partial charge on any atom is 0.341 e. The van der Waals surface area contributed by atoms with E-state index in [0.29, 0.717) is 24.6 Å². The second-order valence-corrected chi connectivity index (χ2v) is 4.45. The molecule has 1 heterocycles. The Bertz CT molecular complexity index is 718. The number of carbonyl (C=O) groups is 1. The highest BCUT2D eigenvalue weighted by Gasteiger charge is 2.14. The molecule has 5 heteroatoms. The van der Waals surface area contributed by atoms with Gasteiger partial charge in [-0.05, 0) is 38.1 Å². The van der Waals surface area contributed by atoms with Gasteiger partial charge in [0.15, 0.2) is 0 Å². The van der Waals surface area contributed by atoms with E-state index in [1.807, 2.05) is 38.1 Å². The monoisotopic (exact) mass is 287 g/mol. The maximum atomic E-state index is 12.2. The molecule has 0 aliphatic heterocycles. The van der Waals surface area contributed by atoms with Crippen LogP contribution in [0.4, 0.5) is 0 Å². The number of pyridine rings is 1. The first-order valence-corrected chi connectivity index (χ1v) is 6.78. The molecule has 1 aromatic heterocycles. The van der Waals surface area contributed by atoms with Gasteiger partial charge in [0.2, 0.25) is 0 Å². The lowest BCUT2D eigenvalue weighted by molar-refractivity contribution is 0.0694. The molecule has 0 bridgehead atoms. The highest BCUT2D eigenvalue weighted by Crippen LogP contribution is 2.23. The van der Waals surface area contributed by atoms with Crippen molar-refractivity contribution in [3.05, 3.63) is 52.3 Å². The number of ether oxygens (including phenoxy) is 1. The smallest absolute Gasteiger partial charge is 0.341 e. The lowest BCUT2D eigenvalue weighted by atomic mass is 10.1. The molecule has 5 nitrogen and oxygen atoms in total. The number of benzene rings is 1. The van der Waals surface area contributed by atoms with E-state index in [2.05, 4.69) is 0 Å². The van der Waals surface area contributed by atoms with Gasteiger partial charge in [0.05, 0.1) is 12.3 Å². The first-order valence-electron chi connectivity index (χ1n) is 6.78. The van der Waals surface area contributed by atoms with Crippen molar-refractivity contribution < 1.29 is 14.6 Å². The second-order valence-electron chi connectivity index (χ2n) is 4.45. The van der Waals surface area contributed by atoms with Gasteiger partial charge in [-0.1, -0.05) is 12.1 Å². The molecule has 21 heavy (non-hydrogen) atoms. The number of rotatable bonds is 5. The minimum Gasteiger partial charge on any atom is -0.494 e. The maximum absolute atomic E-state index is 12.2. The molecule has 0 saturated heterocycles. The Morgan fingerprint density at radius 1 is 1.24 bits per heavy atom. The van der Waals surface area contributed by atoms with Gasteiger partial charge >= 0.3 is 5.97 Å². The fourth-order valence-corrected chi connectivity index (χ4v) is 2.22. The number of carboxylic acids is 1. The molecule has 0 fully saturated rings. The Labute approximate surface area is 122 Å². The van der Waals surface area contributed by atoms with Crippen LogP contribution in [-0.4, -0.2) is 22.2 Å². The minimum absolute atomic E-state index is 0.221. The van der Waals surface area contributed by atoms with Crippen molar-refractivity contribution in [3.8, 4) is 17.0 Å². The molecule has 1 aromatic carbocycles. The van der Waals surface area contributed by atoms with Crippen molar-refractivity contribution in [2.45, 2.75) is 20.4 Å². The number of nitrogens with zero attached hydrogens (tertiary/aromatic N) is 1. The molecule has 110 valence electrons. The molecule has 0 saturated carbocycles. The van der Waals surface area contributed by atoms with E-state index in [0.717, 1.165) is 5.56 Å². The van der Waals surface area contributed by atoms with E-state index in [1.165, 1.54) is 10.6 Å². The van der Waals surface area contributed by atoms with Gasteiger partial charge in [-0.25, -0.2) is 4.79 Å². The Hall–Kier alpha value is -2.56. The molecule has 2 aromatic rings. The third kappa shape index (κ3) is 2.97. The van der Waals surface area contributed by atoms with Gasteiger partial charge in [0.25, 0.3) is 5.56 Å². The third-order valence-electron chi connectivity index (χ3n) is 3.16. The van der Waals surface area contributed by atoms with E-state index < -0.39 is 11.5 Å². The average molecular weight is 287 g/mol. The Kier molecular flexibility index (Phi) is 4.42. The zero-order valence-corrected chi connectivity index (χ0v) is 12.0. The average Bonchev–Trinajstić information content (AvgIpc) is 2.47. The number of hydrogen-bond donors (Lipinski definition) is 1. The van der Waals surface area contributed by atoms with E-state index in [9.17, 15) is 9.59 Å². The molecule has 0 aliphatic rings. The normalized spacial score (nSPS) is 10.4. The number of aromatic nitrogens is 1. The van der Waals surface area contributed by atoms with Gasteiger partial charge in [-0.3, -0.25) is 4.79 Å². The lowest BCUT2D eigenvalue weighted by Crippen LogP contribution is -2.26. The molecule has 0 amide bonds. The van der Waals surface area contributed by atoms with Crippen LogP contribution in [0.1, 0.15) is 24.2 Å². The molecule has 0 unspecified atom stereocenters. The molecule has 0 aliphatic carbocycles. The van der Waals surface area contributed by atoms with Crippen molar-refractivity contribution in [1.29, 1.82) is 0 Å². The fraction of sp³-hybridized carbons (Fsp3) is 0.250. The molecule has 2 rings (SSSR count). The van der Waals surface area contributed by atoms with Crippen LogP contribution in [0.3, 0.4) is 0 Å². The van der Waals surface area contributed by atoms with Crippen molar-refractivity contribution in [1.82, 2.24) is 4.57 Å². The van der Waals surface area contributed by atoms with Crippen LogP contribution in [0.5, 0.6) is 5.75 Å². The van der Waals surface area contributed by atoms with Gasteiger partial charge in [-0.2, -0.15) is 0 Å². The summed E-state index contributed by atoms with van der Waals surface area (Å²) in [5, 5.41) is 9.03. The van der Waals surface area contributed by atoms with E-state index >= 15 is 0 Å². The largest absolute Gasteiger partial charge is 0.494 e. The summed E-state index contributed by atoms with van der Waals surface area (Å²) < 4.78 is 6.91. The SMILES string of the molecule is CCOc1cccc(-c2ccc(C(=O)O)c(=O)n2CC)c1. The zero-order valence-electron chi connectivity index (χ0n) is 12.0. The van der Waals surface area contributed by atoms with Crippen LogP contribution in [0.15, 0.2) is 41.2 Å². The van der Waals surface area contributed by atoms with Crippen LogP contribution in [0.25, 0.3) is 11.3 Å². The van der Waals surface area contributed by atoms with Crippen LogP contribution >= 0.6 is 0 Å². The summed E-state index contributed by atoms with van der Waals surface area (Å²) in [7, 11) is 0. The summed E-state index contributed by atoms with van der Waals surface area (Å²) in [6.45, 7) is 4.66. The van der Waals surface area contributed by atoms with Gasteiger partial charge in [0, 0.05) is 12.1 Å². The number of aromatic carboxylic acids is 1. The van der Waals surface area contributed by atoms with Crippen molar-refractivity contribution in [2.24, 2.45) is 0 Å². The topological polar surface area (TPSA) is 68.5 Å². The van der Waals surface area contributed by atoms with Crippen LogP contribution in [-0.2, 0) is 6.54 Å². The predicted molar refractivity (Wildman–Crippen MR) is 79.9 cm³/mol. The molecule has 0 radical (unpaired) electrons. The Morgan fingerprint density at radius 2 is 2.00 bits per heavy atom. The number of hydrogen-bond acceptors (Lipinski definition) is 3. The van der Waals surface area contributed by atoms with E-state index in [-0.39, 0.29) is 5.56 Å². The zero-order chi connectivity index (χ0) is 15.4. The van der Waals surface area contributed by atoms with Crippen LogP contribution in [0, 0.1) is 0 Å². The van der Waals surface area contributed by atoms with E-state index in [4.69, 9.17) is 9.84 Å². The Morgan fingerprint density at radius 3 is 2.62 bits per heavy atom. The number of carboxylic acid groups (broad SMARTS) is 1. The quantitative estimate of drug-likeness (QED) is 0.918. The second kappa shape index (κ2) is 6.26. The molecule has 1 N–H and O–H groups in total.